The van der Waals surface area contributed by atoms with Crippen LogP contribution in [0.5, 0.6) is 5.75 Å². The molecule has 1 aliphatic heterocycles. The summed E-state index contributed by atoms with van der Waals surface area (Å²) in [5, 5.41) is 11.3. The number of nitriles is 1. The van der Waals surface area contributed by atoms with E-state index < -0.39 is 35.0 Å². The van der Waals surface area contributed by atoms with Gasteiger partial charge < -0.3 is 10.1 Å². The van der Waals surface area contributed by atoms with Crippen LogP contribution in [0.3, 0.4) is 0 Å². The lowest BCUT2D eigenvalue weighted by Gasteiger charge is -2.19. The number of nitrogens with one attached hydrogen (secondary N) is 1. The molecule has 0 fully saturated rings. The summed E-state index contributed by atoms with van der Waals surface area (Å²) in [7, 11) is 0. The average Bonchev–Trinajstić information content (AvgIpc) is 2.76. The molecule has 0 aliphatic carbocycles. The number of halogens is 3. The first-order chi connectivity index (χ1) is 12.0. The van der Waals surface area contributed by atoms with Crippen LogP contribution in [0, 0.1) is 28.8 Å². The Morgan fingerprint density at radius 3 is 2.60 bits per heavy atom. The van der Waals surface area contributed by atoms with Gasteiger partial charge in [0, 0.05) is 11.6 Å². The highest BCUT2D eigenvalue weighted by molar-refractivity contribution is 5.95. The van der Waals surface area contributed by atoms with E-state index in [-0.39, 0.29) is 5.56 Å². The Balaban J connectivity index is 1.91. The van der Waals surface area contributed by atoms with Gasteiger partial charge in [0.1, 0.15) is 28.8 Å². The van der Waals surface area contributed by atoms with Crippen LogP contribution in [0.1, 0.15) is 40.4 Å². The van der Waals surface area contributed by atoms with Crippen LogP contribution < -0.4 is 10.1 Å². The van der Waals surface area contributed by atoms with E-state index in [1.165, 1.54) is 18.2 Å². The zero-order chi connectivity index (χ0) is 18.0. The summed E-state index contributed by atoms with van der Waals surface area (Å²) < 4.78 is 46.8. The van der Waals surface area contributed by atoms with Crippen LogP contribution in [0.2, 0.25) is 0 Å². The number of carbonyl (C=O) groups is 1. The number of benzene rings is 2. The summed E-state index contributed by atoms with van der Waals surface area (Å²) in [6.07, 6.45) is 1.06. The van der Waals surface area contributed by atoms with Crippen LogP contribution in [0.15, 0.2) is 30.3 Å². The van der Waals surface area contributed by atoms with Crippen molar-refractivity contribution in [3.63, 3.8) is 0 Å². The highest BCUT2D eigenvalue weighted by atomic mass is 19.1. The second-order valence-corrected chi connectivity index (χ2v) is 5.63. The highest BCUT2D eigenvalue weighted by Gasteiger charge is 2.25. The lowest BCUT2D eigenvalue weighted by atomic mass is 10.0. The number of ether oxygens (including phenoxy) is 1. The summed E-state index contributed by atoms with van der Waals surface area (Å²) >= 11 is 0. The van der Waals surface area contributed by atoms with Crippen molar-refractivity contribution in [2.75, 3.05) is 6.61 Å². The molecular formula is C18H13F3N2O2. The predicted molar refractivity (Wildman–Crippen MR) is 82.4 cm³/mol. The van der Waals surface area contributed by atoms with E-state index in [0.29, 0.717) is 30.8 Å². The van der Waals surface area contributed by atoms with Gasteiger partial charge in [-0.05, 0) is 31.0 Å². The van der Waals surface area contributed by atoms with Gasteiger partial charge in [-0.15, -0.1) is 0 Å². The Labute approximate surface area is 141 Å². The van der Waals surface area contributed by atoms with Gasteiger partial charge in [-0.2, -0.15) is 5.26 Å². The second-order valence-electron chi connectivity index (χ2n) is 5.63. The van der Waals surface area contributed by atoms with Gasteiger partial charge in [0.2, 0.25) is 0 Å². The maximum atomic E-state index is 14.0. The van der Waals surface area contributed by atoms with E-state index in [1.807, 2.05) is 0 Å². The second kappa shape index (κ2) is 6.85. The molecule has 3 rings (SSSR count). The third-order valence-electron chi connectivity index (χ3n) is 3.95. The molecule has 1 N–H and O–H groups in total. The molecule has 0 saturated heterocycles. The Bertz CT molecular complexity index is 854. The van der Waals surface area contributed by atoms with Crippen molar-refractivity contribution in [3.8, 4) is 11.8 Å². The fourth-order valence-corrected chi connectivity index (χ4v) is 2.78. The molecule has 0 unspecified atom stereocenters. The largest absolute Gasteiger partial charge is 0.493 e. The Kier molecular flexibility index (Phi) is 4.61. The van der Waals surface area contributed by atoms with Crippen molar-refractivity contribution in [2.45, 2.75) is 18.9 Å². The van der Waals surface area contributed by atoms with Gasteiger partial charge in [0.15, 0.2) is 0 Å². The number of hydrogen-bond donors (Lipinski definition) is 1. The summed E-state index contributed by atoms with van der Waals surface area (Å²) in [5.74, 6) is -3.35. The van der Waals surface area contributed by atoms with Gasteiger partial charge in [0.05, 0.1) is 24.3 Å². The van der Waals surface area contributed by atoms with Gasteiger partial charge in [-0.3, -0.25) is 4.79 Å². The predicted octanol–water partition coefficient (Wildman–Crippen LogP) is 3.62. The molecule has 1 amide bonds. The Hall–Kier alpha value is -3.01. The molecule has 1 aliphatic rings. The standard InChI is InChI=1S/C18H13F3N2O2/c19-11-3-4-12-15(2-1-5-25-16(12)8-11)23-18(24)17-13(20)6-10(9-22)7-14(17)21/h3-4,6-8,15H,1-2,5H2,(H,23,24)/t15-/m1/s1. The molecule has 0 saturated carbocycles. The van der Waals surface area contributed by atoms with Crippen LogP contribution in [0.4, 0.5) is 13.2 Å². The number of rotatable bonds is 2. The molecule has 2 aromatic carbocycles. The Morgan fingerprint density at radius 1 is 1.20 bits per heavy atom. The number of nitrogens with zero attached hydrogens (tertiary/aromatic N) is 1. The van der Waals surface area contributed by atoms with Gasteiger partial charge in [-0.1, -0.05) is 6.07 Å². The van der Waals surface area contributed by atoms with Crippen LogP contribution in [-0.2, 0) is 0 Å². The van der Waals surface area contributed by atoms with Crippen LogP contribution in [0.25, 0.3) is 0 Å². The maximum Gasteiger partial charge on any atom is 0.257 e. The topological polar surface area (TPSA) is 62.1 Å². The van der Waals surface area contributed by atoms with Crippen molar-refractivity contribution in [3.05, 3.63) is 64.5 Å². The van der Waals surface area contributed by atoms with Crippen molar-refractivity contribution in [2.24, 2.45) is 0 Å². The van der Waals surface area contributed by atoms with Crippen LogP contribution >= 0.6 is 0 Å². The SMILES string of the molecule is N#Cc1cc(F)c(C(=O)N[C@@H]2CCCOc3cc(F)ccc32)c(F)c1. The molecule has 1 heterocycles. The third-order valence-corrected chi connectivity index (χ3v) is 3.95. The maximum absolute atomic E-state index is 14.0. The zero-order valence-corrected chi connectivity index (χ0v) is 13.0. The molecule has 128 valence electrons. The molecule has 0 radical (unpaired) electrons. The van der Waals surface area contributed by atoms with Crippen molar-refractivity contribution >= 4 is 5.91 Å². The van der Waals surface area contributed by atoms with Gasteiger partial charge in [-0.25, -0.2) is 13.2 Å². The van der Waals surface area contributed by atoms with E-state index in [0.717, 1.165) is 12.1 Å². The van der Waals surface area contributed by atoms with Crippen molar-refractivity contribution < 1.29 is 22.7 Å². The minimum Gasteiger partial charge on any atom is -0.493 e. The number of amides is 1. The summed E-state index contributed by atoms with van der Waals surface area (Å²) in [6, 6.07) is 6.58. The summed E-state index contributed by atoms with van der Waals surface area (Å²) in [6.45, 7) is 0.350. The van der Waals surface area contributed by atoms with Gasteiger partial charge >= 0.3 is 0 Å². The monoisotopic (exact) mass is 346 g/mol. The van der Waals surface area contributed by atoms with E-state index in [1.54, 1.807) is 6.07 Å². The third kappa shape index (κ3) is 3.43. The van der Waals surface area contributed by atoms with Crippen LogP contribution in [-0.4, -0.2) is 12.5 Å². The minimum absolute atomic E-state index is 0.213. The smallest absolute Gasteiger partial charge is 0.257 e. The normalized spacial score (nSPS) is 16.2. The minimum atomic E-state index is -1.11. The molecule has 0 bridgehead atoms. The first-order valence-electron chi connectivity index (χ1n) is 7.62. The highest BCUT2D eigenvalue weighted by Crippen LogP contribution is 2.32. The first kappa shape index (κ1) is 16.8. The molecule has 25 heavy (non-hydrogen) atoms. The van der Waals surface area contributed by atoms with E-state index in [4.69, 9.17) is 10.00 Å². The molecule has 7 heteroatoms. The van der Waals surface area contributed by atoms with Crippen molar-refractivity contribution in [1.29, 1.82) is 5.26 Å². The molecular weight excluding hydrogens is 333 g/mol. The first-order valence-corrected chi connectivity index (χ1v) is 7.62. The zero-order valence-electron chi connectivity index (χ0n) is 13.0. The number of fused-ring (bicyclic) bond motifs is 1. The van der Waals surface area contributed by atoms with E-state index in [2.05, 4.69) is 5.32 Å². The summed E-state index contributed by atoms with van der Waals surface area (Å²) in [5.41, 5.74) is -0.426. The Morgan fingerprint density at radius 2 is 1.92 bits per heavy atom. The van der Waals surface area contributed by atoms with E-state index in [9.17, 15) is 18.0 Å². The average molecular weight is 346 g/mol. The molecule has 0 aromatic heterocycles. The molecule has 2 aromatic rings. The fraction of sp³-hybridized carbons (Fsp3) is 0.222. The number of carbonyl (C=O) groups excluding carboxylic acids is 1. The fourth-order valence-electron chi connectivity index (χ4n) is 2.78. The van der Waals surface area contributed by atoms with Crippen molar-refractivity contribution in [1.82, 2.24) is 5.32 Å². The molecule has 0 spiro atoms. The van der Waals surface area contributed by atoms with Gasteiger partial charge in [0.25, 0.3) is 5.91 Å². The molecule has 4 nitrogen and oxygen atoms in total. The lowest BCUT2D eigenvalue weighted by molar-refractivity contribution is 0.0926. The molecule has 1 atom stereocenters. The number of hydrogen-bond acceptors (Lipinski definition) is 3. The quantitative estimate of drug-likeness (QED) is 0.903. The van der Waals surface area contributed by atoms with E-state index >= 15 is 0 Å². The summed E-state index contributed by atoms with van der Waals surface area (Å²) in [4.78, 5) is 12.4. The lowest BCUT2D eigenvalue weighted by Crippen LogP contribution is -2.30.